The van der Waals surface area contributed by atoms with Crippen LogP contribution in [0, 0.1) is 6.92 Å². The Bertz CT molecular complexity index is 324. The highest BCUT2D eigenvalue weighted by molar-refractivity contribution is 5.67. The Morgan fingerprint density at radius 3 is 2.54 bits per heavy atom. The van der Waals surface area contributed by atoms with Gasteiger partial charge < -0.3 is 5.32 Å². The minimum absolute atomic E-state index is 1.20. The number of hydrogen-bond acceptors (Lipinski definition) is 1. The first-order valence-corrected chi connectivity index (χ1v) is 4.60. The predicted octanol–water partition coefficient (Wildman–Crippen LogP) is 3.46. The summed E-state index contributed by atoms with van der Waals surface area (Å²) in [5.41, 5.74) is 5.12. The van der Waals surface area contributed by atoms with Gasteiger partial charge in [-0.3, -0.25) is 0 Å². The number of nitrogens with one attached hydrogen (secondary N) is 1. The molecule has 1 nitrogen and oxygen atoms in total. The van der Waals surface area contributed by atoms with E-state index in [0.29, 0.717) is 0 Å². The van der Waals surface area contributed by atoms with Gasteiger partial charge in [-0.15, -0.1) is 0 Å². The van der Waals surface area contributed by atoms with Crippen molar-refractivity contribution in [3.05, 3.63) is 35.4 Å². The fourth-order valence-corrected chi connectivity index (χ4v) is 1.36. The van der Waals surface area contributed by atoms with Crippen molar-refractivity contribution in [1.29, 1.82) is 0 Å². The van der Waals surface area contributed by atoms with Crippen molar-refractivity contribution >= 4 is 11.3 Å². The van der Waals surface area contributed by atoms with E-state index in [1.54, 1.807) is 0 Å². The summed E-state index contributed by atoms with van der Waals surface area (Å²) in [6, 6.07) is 6.48. The van der Waals surface area contributed by atoms with Gasteiger partial charge in [-0.2, -0.15) is 0 Å². The van der Waals surface area contributed by atoms with E-state index in [1.165, 1.54) is 22.4 Å². The Morgan fingerprint density at radius 1 is 1.38 bits per heavy atom. The smallest absolute Gasteiger partial charge is 0.0367 e. The lowest BCUT2D eigenvalue weighted by Crippen LogP contribution is -1.92. The van der Waals surface area contributed by atoms with Gasteiger partial charge in [0.15, 0.2) is 0 Å². The maximum Gasteiger partial charge on any atom is 0.0367 e. The standard InChI is InChI=1S/C12H17N/c1-5-9(2)11-6-7-12(13-4)10(3)8-11/h5-8,13H,1-4H3. The molecule has 0 amide bonds. The minimum Gasteiger partial charge on any atom is -0.388 e. The molecule has 0 aliphatic rings. The molecule has 0 spiro atoms. The molecule has 1 rings (SSSR count). The first-order chi connectivity index (χ1) is 6.19. The molecule has 0 atom stereocenters. The van der Waals surface area contributed by atoms with Crippen molar-refractivity contribution in [3.8, 4) is 0 Å². The number of allylic oxidation sites excluding steroid dienone is 2. The van der Waals surface area contributed by atoms with Crippen molar-refractivity contribution in [2.24, 2.45) is 0 Å². The van der Waals surface area contributed by atoms with Crippen LogP contribution in [0.1, 0.15) is 25.0 Å². The van der Waals surface area contributed by atoms with Gasteiger partial charge >= 0.3 is 0 Å². The van der Waals surface area contributed by atoms with Crippen LogP contribution in [0.3, 0.4) is 0 Å². The fourth-order valence-electron chi connectivity index (χ4n) is 1.36. The molecule has 0 saturated carbocycles. The second-order valence-electron chi connectivity index (χ2n) is 3.25. The van der Waals surface area contributed by atoms with Crippen LogP contribution in [0.5, 0.6) is 0 Å². The van der Waals surface area contributed by atoms with Crippen LogP contribution in [-0.4, -0.2) is 7.05 Å². The summed E-state index contributed by atoms with van der Waals surface area (Å²) < 4.78 is 0. The second kappa shape index (κ2) is 4.13. The lowest BCUT2D eigenvalue weighted by atomic mass is 10.0. The van der Waals surface area contributed by atoms with Gasteiger partial charge in [0.25, 0.3) is 0 Å². The fraction of sp³-hybridized carbons (Fsp3) is 0.333. The van der Waals surface area contributed by atoms with Gasteiger partial charge in [0, 0.05) is 12.7 Å². The molecule has 0 aromatic heterocycles. The zero-order valence-electron chi connectivity index (χ0n) is 8.81. The Kier molecular flexibility index (Phi) is 3.13. The molecule has 0 fully saturated rings. The molecule has 1 N–H and O–H groups in total. The SMILES string of the molecule is CC=C(C)c1ccc(NC)c(C)c1. The summed E-state index contributed by atoms with van der Waals surface area (Å²) in [6.45, 7) is 6.32. The molecule has 1 heteroatoms. The molecule has 0 aliphatic heterocycles. The monoisotopic (exact) mass is 175 g/mol. The van der Waals surface area contributed by atoms with E-state index in [0.717, 1.165) is 0 Å². The van der Waals surface area contributed by atoms with Crippen molar-refractivity contribution in [3.63, 3.8) is 0 Å². The highest BCUT2D eigenvalue weighted by atomic mass is 14.8. The summed E-state index contributed by atoms with van der Waals surface area (Å²) in [5.74, 6) is 0. The summed E-state index contributed by atoms with van der Waals surface area (Å²) in [6.07, 6.45) is 2.13. The third-order valence-corrected chi connectivity index (χ3v) is 2.38. The highest BCUT2D eigenvalue weighted by Gasteiger charge is 1.98. The van der Waals surface area contributed by atoms with Crippen molar-refractivity contribution in [1.82, 2.24) is 0 Å². The summed E-state index contributed by atoms with van der Waals surface area (Å²) in [4.78, 5) is 0. The lowest BCUT2D eigenvalue weighted by molar-refractivity contribution is 1.38. The maximum absolute atomic E-state index is 3.16. The number of benzene rings is 1. The van der Waals surface area contributed by atoms with E-state index in [2.05, 4.69) is 50.4 Å². The van der Waals surface area contributed by atoms with Gasteiger partial charge in [-0.1, -0.05) is 12.1 Å². The van der Waals surface area contributed by atoms with E-state index in [4.69, 9.17) is 0 Å². The average Bonchev–Trinajstić information content (AvgIpc) is 2.16. The van der Waals surface area contributed by atoms with Crippen LogP contribution in [0.2, 0.25) is 0 Å². The van der Waals surface area contributed by atoms with Crippen molar-refractivity contribution < 1.29 is 0 Å². The molecule has 0 bridgehead atoms. The molecule has 70 valence electrons. The quantitative estimate of drug-likeness (QED) is 0.725. The predicted molar refractivity (Wildman–Crippen MR) is 60.1 cm³/mol. The number of hydrogen-bond donors (Lipinski definition) is 1. The van der Waals surface area contributed by atoms with Crippen LogP contribution in [0.25, 0.3) is 5.57 Å². The average molecular weight is 175 g/mol. The first-order valence-electron chi connectivity index (χ1n) is 4.60. The van der Waals surface area contributed by atoms with Gasteiger partial charge in [0.05, 0.1) is 0 Å². The summed E-state index contributed by atoms with van der Waals surface area (Å²) in [5, 5.41) is 3.16. The molecule has 0 radical (unpaired) electrons. The summed E-state index contributed by atoms with van der Waals surface area (Å²) in [7, 11) is 1.95. The van der Waals surface area contributed by atoms with E-state index < -0.39 is 0 Å². The highest BCUT2D eigenvalue weighted by Crippen LogP contribution is 2.20. The van der Waals surface area contributed by atoms with E-state index in [1.807, 2.05) is 7.05 Å². The zero-order valence-corrected chi connectivity index (χ0v) is 8.81. The van der Waals surface area contributed by atoms with Crippen molar-refractivity contribution in [2.75, 3.05) is 12.4 Å². The zero-order chi connectivity index (χ0) is 9.84. The van der Waals surface area contributed by atoms with Gasteiger partial charge in [-0.25, -0.2) is 0 Å². The third-order valence-electron chi connectivity index (χ3n) is 2.38. The normalized spacial score (nSPS) is 11.5. The van der Waals surface area contributed by atoms with Crippen LogP contribution in [0.4, 0.5) is 5.69 Å². The van der Waals surface area contributed by atoms with Gasteiger partial charge in [-0.05, 0) is 49.6 Å². The second-order valence-corrected chi connectivity index (χ2v) is 3.25. The largest absolute Gasteiger partial charge is 0.388 e. The number of aryl methyl sites for hydroxylation is 1. The molecular weight excluding hydrogens is 158 g/mol. The topological polar surface area (TPSA) is 12.0 Å². The Morgan fingerprint density at radius 2 is 2.08 bits per heavy atom. The molecular formula is C12H17N. The van der Waals surface area contributed by atoms with E-state index in [9.17, 15) is 0 Å². The summed E-state index contributed by atoms with van der Waals surface area (Å²) >= 11 is 0. The van der Waals surface area contributed by atoms with Gasteiger partial charge in [0.2, 0.25) is 0 Å². The number of anilines is 1. The Labute approximate surface area is 80.5 Å². The third kappa shape index (κ3) is 2.11. The van der Waals surface area contributed by atoms with Crippen molar-refractivity contribution in [2.45, 2.75) is 20.8 Å². The van der Waals surface area contributed by atoms with E-state index in [-0.39, 0.29) is 0 Å². The molecule has 1 aromatic carbocycles. The van der Waals surface area contributed by atoms with Crippen LogP contribution in [0.15, 0.2) is 24.3 Å². The minimum atomic E-state index is 1.20. The Balaban J connectivity index is 3.10. The first kappa shape index (κ1) is 9.85. The maximum atomic E-state index is 3.16. The van der Waals surface area contributed by atoms with E-state index >= 15 is 0 Å². The van der Waals surface area contributed by atoms with Gasteiger partial charge in [0.1, 0.15) is 0 Å². The van der Waals surface area contributed by atoms with Crippen LogP contribution in [-0.2, 0) is 0 Å². The molecule has 0 aliphatic carbocycles. The number of rotatable bonds is 2. The Hall–Kier alpha value is -1.24. The van der Waals surface area contributed by atoms with Crippen LogP contribution >= 0.6 is 0 Å². The lowest BCUT2D eigenvalue weighted by Gasteiger charge is -2.07. The molecule has 1 aromatic rings. The molecule has 13 heavy (non-hydrogen) atoms. The molecule has 0 heterocycles. The molecule has 0 unspecified atom stereocenters. The molecule has 0 saturated heterocycles. The van der Waals surface area contributed by atoms with Crippen LogP contribution < -0.4 is 5.32 Å².